The summed E-state index contributed by atoms with van der Waals surface area (Å²) in [6, 6.07) is 17.2. The maximum Gasteiger partial charge on any atom is 0.253 e. The second kappa shape index (κ2) is 16.0. The summed E-state index contributed by atoms with van der Waals surface area (Å²) >= 11 is 12.7. The Morgan fingerprint density at radius 2 is 1.63 bits per heavy atom. The summed E-state index contributed by atoms with van der Waals surface area (Å²) in [5.41, 5.74) is 4.02. The van der Waals surface area contributed by atoms with Gasteiger partial charge in [-0.15, -0.1) is 0 Å². The first kappa shape index (κ1) is 34.6. The summed E-state index contributed by atoms with van der Waals surface area (Å²) in [5, 5.41) is 14.5. The van der Waals surface area contributed by atoms with E-state index in [4.69, 9.17) is 37.4 Å². The number of likely N-dealkylation sites (tertiary alicyclic amines) is 1. The summed E-state index contributed by atoms with van der Waals surface area (Å²) in [4.78, 5) is 24.5. The number of nitrogens with zero attached hydrogens (tertiary/aromatic N) is 5. The lowest BCUT2D eigenvalue weighted by atomic mass is 10.1. The molecule has 0 aliphatic carbocycles. The molecule has 1 amide bonds. The van der Waals surface area contributed by atoms with Gasteiger partial charge in [0.25, 0.3) is 5.91 Å². The average molecular weight is 704 g/mol. The number of methoxy groups -OCH3 is 2. The number of ether oxygens (including phenoxy) is 3. The summed E-state index contributed by atoms with van der Waals surface area (Å²) in [6.45, 7) is 7.66. The number of nitriles is 1. The molecule has 10 nitrogen and oxygen atoms in total. The maximum absolute atomic E-state index is 13.2. The highest BCUT2D eigenvalue weighted by atomic mass is 35.5. The molecule has 2 fully saturated rings. The minimum absolute atomic E-state index is 0.101. The largest absolute Gasteiger partial charge is 0.495 e. The van der Waals surface area contributed by atoms with Gasteiger partial charge in [0.05, 0.1) is 53.3 Å². The first-order chi connectivity index (χ1) is 23.9. The second-order valence-corrected chi connectivity index (χ2v) is 13.1. The van der Waals surface area contributed by atoms with Crippen molar-refractivity contribution in [3.05, 3.63) is 81.5 Å². The van der Waals surface area contributed by atoms with Gasteiger partial charge >= 0.3 is 0 Å². The molecular formula is C37H40Cl2N6O4. The number of aromatic nitrogens is 1. The topological polar surface area (TPSA) is 103 Å². The van der Waals surface area contributed by atoms with Crippen LogP contribution in [0.2, 0.25) is 10.0 Å². The molecule has 2 aliphatic rings. The number of benzene rings is 3. The number of carbonyl (C=O) groups excluding carboxylic acids is 1. The van der Waals surface area contributed by atoms with Gasteiger partial charge in [-0.2, -0.15) is 5.26 Å². The molecule has 6 rings (SSSR count). The molecule has 0 bridgehead atoms. The summed E-state index contributed by atoms with van der Waals surface area (Å²) < 4.78 is 17.2. The Labute approximate surface area is 297 Å². The number of nitrogens with one attached hydrogen (secondary N) is 1. The number of carbonyl (C=O) groups is 1. The first-order valence-corrected chi connectivity index (χ1v) is 17.3. The molecule has 49 heavy (non-hydrogen) atoms. The van der Waals surface area contributed by atoms with E-state index in [0.717, 1.165) is 51.3 Å². The van der Waals surface area contributed by atoms with E-state index in [2.05, 4.69) is 38.3 Å². The Hall–Kier alpha value is -4.27. The van der Waals surface area contributed by atoms with Crippen LogP contribution in [0.4, 0.5) is 11.4 Å². The number of fused-ring (bicyclic) bond motifs is 1. The van der Waals surface area contributed by atoms with E-state index in [-0.39, 0.29) is 5.91 Å². The highest BCUT2D eigenvalue weighted by Gasteiger charge is 2.23. The van der Waals surface area contributed by atoms with Crippen LogP contribution in [0.15, 0.2) is 54.7 Å². The monoisotopic (exact) mass is 702 g/mol. The van der Waals surface area contributed by atoms with Gasteiger partial charge in [-0.1, -0.05) is 35.3 Å². The smallest absolute Gasteiger partial charge is 0.253 e. The van der Waals surface area contributed by atoms with Gasteiger partial charge in [0.1, 0.15) is 11.8 Å². The molecule has 0 unspecified atom stereocenters. The molecule has 2 aliphatic heterocycles. The Morgan fingerprint density at radius 1 is 0.898 bits per heavy atom. The third-order valence-electron chi connectivity index (χ3n) is 9.12. The molecule has 3 aromatic carbocycles. The Balaban J connectivity index is 1.03. The number of hydrogen-bond acceptors (Lipinski definition) is 9. The van der Waals surface area contributed by atoms with E-state index in [1.165, 1.54) is 31.7 Å². The van der Waals surface area contributed by atoms with Crippen LogP contribution in [0.25, 0.3) is 10.9 Å². The van der Waals surface area contributed by atoms with Crippen molar-refractivity contribution in [3.8, 4) is 23.3 Å². The second-order valence-electron chi connectivity index (χ2n) is 12.3. The number of halogens is 2. The van der Waals surface area contributed by atoms with Crippen LogP contribution in [-0.4, -0.2) is 92.2 Å². The molecule has 4 aromatic rings. The van der Waals surface area contributed by atoms with Crippen molar-refractivity contribution >= 4 is 51.4 Å². The quantitative estimate of drug-likeness (QED) is 0.156. The predicted molar refractivity (Wildman–Crippen MR) is 193 cm³/mol. The zero-order valence-corrected chi connectivity index (χ0v) is 29.3. The van der Waals surface area contributed by atoms with Crippen LogP contribution in [0.1, 0.15) is 40.7 Å². The molecular weight excluding hydrogens is 663 g/mol. The maximum atomic E-state index is 13.2. The highest BCUT2D eigenvalue weighted by Crippen LogP contribution is 2.40. The number of pyridine rings is 1. The Kier molecular flexibility index (Phi) is 11.3. The van der Waals surface area contributed by atoms with Crippen molar-refractivity contribution in [1.82, 2.24) is 19.7 Å². The first-order valence-electron chi connectivity index (χ1n) is 16.5. The number of rotatable bonds is 12. The average Bonchev–Trinajstić information content (AvgIpc) is 3.64. The van der Waals surface area contributed by atoms with Crippen LogP contribution in [0.5, 0.6) is 17.2 Å². The zero-order valence-electron chi connectivity index (χ0n) is 27.8. The van der Waals surface area contributed by atoms with E-state index in [1.807, 2.05) is 23.1 Å². The van der Waals surface area contributed by atoms with E-state index in [9.17, 15) is 10.1 Å². The number of anilines is 2. The molecule has 2 saturated heterocycles. The van der Waals surface area contributed by atoms with Crippen LogP contribution in [-0.2, 0) is 6.54 Å². The molecule has 1 aromatic heterocycles. The molecule has 1 N–H and O–H groups in total. The third kappa shape index (κ3) is 8.14. The fourth-order valence-corrected chi connectivity index (χ4v) is 6.89. The number of amides is 1. The standard InChI is InChI=1S/C37H40Cl2N6O4/c1-47-33-21-32(29(38)19-30(33)39)42-36-27(22-40)23-41-31-20-35(34(48-2)18-28(31)36)49-17-5-12-43-13-15-45(16-14-43)37(46)26-8-6-25(7-9-26)24-44-10-3-4-11-44/h6-9,18-21,23H,3-5,10-17,24H2,1-2H3,(H,41,42). The lowest BCUT2D eigenvalue weighted by Gasteiger charge is -2.34. The van der Waals surface area contributed by atoms with Gasteiger partial charge < -0.3 is 24.4 Å². The lowest BCUT2D eigenvalue weighted by Crippen LogP contribution is -2.49. The minimum atomic E-state index is 0.101. The fourth-order valence-electron chi connectivity index (χ4n) is 6.39. The van der Waals surface area contributed by atoms with E-state index >= 15 is 0 Å². The predicted octanol–water partition coefficient (Wildman–Crippen LogP) is 7.00. The SMILES string of the molecule is COc1cc(Nc2c(C#N)cnc3cc(OCCCN4CCN(C(=O)c5ccc(CN6CCCC6)cc5)CC4)c(OC)cc23)c(Cl)cc1Cl. The minimum Gasteiger partial charge on any atom is -0.495 e. The zero-order chi connectivity index (χ0) is 34.3. The van der Waals surface area contributed by atoms with Gasteiger partial charge in [0, 0.05) is 68.5 Å². The molecule has 12 heteroatoms. The van der Waals surface area contributed by atoms with E-state index in [0.29, 0.717) is 74.8 Å². The van der Waals surface area contributed by atoms with Crippen molar-refractivity contribution in [3.63, 3.8) is 0 Å². The van der Waals surface area contributed by atoms with Crippen molar-refractivity contribution in [2.24, 2.45) is 0 Å². The molecule has 0 radical (unpaired) electrons. The van der Waals surface area contributed by atoms with Crippen LogP contribution < -0.4 is 19.5 Å². The van der Waals surface area contributed by atoms with E-state index in [1.54, 1.807) is 25.3 Å². The van der Waals surface area contributed by atoms with Crippen molar-refractivity contribution in [1.29, 1.82) is 5.26 Å². The van der Waals surface area contributed by atoms with Gasteiger partial charge in [0.15, 0.2) is 11.5 Å². The van der Waals surface area contributed by atoms with Crippen molar-refractivity contribution < 1.29 is 19.0 Å². The number of piperazine rings is 1. The summed E-state index contributed by atoms with van der Waals surface area (Å²) in [7, 11) is 3.10. The summed E-state index contributed by atoms with van der Waals surface area (Å²) in [5.74, 6) is 1.63. The lowest BCUT2D eigenvalue weighted by molar-refractivity contribution is 0.0630. The van der Waals surface area contributed by atoms with Crippen molar-refractivity contribution in [2.75, 3.05) is 72.0 Å². The molecule has 0 atom stereocenters. The third-order valence-corrected chi connectivity index (χ3v) is 9.72. The fraction of sp³-hybridized carbons (Fsp3) is 0.378. The summed E-state index contributed by atoms with van der Waals surface area (Å²) in [6.07, 6.45) is 4.87. The Bertz CT molecular complexity index is 1830. The van der Waals surface area contributed by atoms with Gasteiger partial charge in [-0.05, 0) is 62.2 Å². The number of hydrogen-bond donors (Lipinski definition) is 1. The van der Waals surface area contributed by atoms with Crippen LogP contribution in [0, 0.1) is 11.3 Å². The van der Waals surface area contributed by atoms with Gasteiger partial charge in [0.2, 0.25) is 0 Å². The normalized spacial score (nSPS) is 15.3. The molecule has 256 valence electrons. The highest BCUT2D eigenvalue weighted by molar-refractivity contribution is 6.37. The molecule has 0 saturated carbocycles. The molecule has 3 heterocycles. The van der Waals surface area contributed by atoms with E-state index < -0.39 is 0 Å². The molecule has 0 spiro atoms. The Morgan fingerprint density at radius 3 is 2.33 bits per heavy atom. The van der Waals surface area contributed by atoms with Crippen LogP contribution in [0.3, 0.4) is 0 Å². The van der Waals surface area contributed by atoms with Gasteiger partial charge in [-0.3, -0.25) is 19.6 Å². The van der Waals surface area contributed by atoms with Crippen molar-refractivity contribution in [2.45, 2.75) is 25.8 Å². The van der Waals surface area contributed by atoms with Crippen LogP contribution >= 0.6 is 23.2 Å². The van der Waals surface area contributed by atoms with Gasteiger partial charge in [-0.25, -0.2) is 0 Å².